The third-order valence-electron chi connectivity index (χ3n) is 5.19. The Hall–Kier alpha value is -2.53. The second-order valence-corrected chi connectivity index (χ2v) is 7.47. The average molecular weight is 387 g/mol. The van der Waals surface area contributed by atoms with Gasteiger partial charge >= 0.3 is 5.97 Å². The SMILES string of the molecule is O=C(O)c1ccc([C@H]2CC[C@@H](CC(=NO)Nc3cccc(Cl)c3)CC2)cc1. The average Bonchev–Trinajstić information content (AvgIpc) is 2.68. The molecule has 0 aliphatic heterocycles. The minimum absolute atomic E-state index is 0.323. The molecule has 0 bridgehead atoms. The molecule has 0 unspecified atom stereocenters. The molecule has 1 fully saturated rings. The van der Waals surface area contributed by atoms with Crippen molar-refractivity contribution in [1.29, 1.82) is 0 Å². The Morgan fingerprint density at radius 3 is 2.41 bits per heavy atom. The molecule has 2 aromatic carbocycles. The maximum Gasteiger partial charge on any atom is 0.335 e. The molecule has 0 atom stereocenters. The molecule has 1 aliphatic carbocycles. The molecule has 142 valence electrons. The molecule has 27 heavy (non-hydrogen) atoms. The van der Waals surface area contributed by atoms with Crippen LogP contribution < -0.4 is 5.32 Å². The number of oxime groups is 1. The van der Waals surface area contributed by atoms with Gasteiger partial charge in [0.2, 0.25) is 0 Å². The first-order chi connectivity index (χ1) is 13.0. The molecule has 0 heterocycles. The zero-order valence-corrected chi connectivity index (χ0v) is 15.7. The molecule has 6 heteroatoms. The normalized spacial score (nSPS) is 20.3. The van der Waals surface area contributed by atoms with Crippen molar-refractivity contribution in [2.24, 2.45) is 11.1 Å². The second kappa shape index (κ2) is 8.91. The van der Waals surface area contributed by atoms with E-state index in [1.807, 2.05) is 24.3 Å². The fourth-order valence-corrected chi connectivity index (χ4v) is 3.91. The number of nitrogens with zero attached hydrogens (tertiary/aromatic N) is 1. The summed E-state index contributed by atoms with van der Waals surface area (Å²) in [4.78, 5) is 11.0. The molecule has 3 rings (SSSR count). The van der Waals surface area contributed by atoms with E-state index in [1.165, 1.54) is 5.56 Å². The molecular weight excluding hydrogens is 364 g/mol. The number of nitrogens with one attached hydrogen (secondary N) is 1. The summed E-state index contributed by atoms with van der Waals surface area (Å²) in [6, 6.07) is 14.5. The van der Waals surface area contributed by atoms with Gasteiger partial charge in [0.05, 0.1) is 5.56 Å². The van der Waals surface area contributed by atoms with Crippen molar-refractivity contribution >= 4 is 29.1 Å². The van der Waals surface area contributed by atoms with E-state index in [1.54, 1.807) is 24.3 Å². The number of carboxylic acid groups (broad SMARTS) is 1. The number of benzene rings is 2. The molecule has 3 N–H and O–H groups in total. The maximum atomic E-state index is 11.0. The van der Waals surface area contributed by atoms with Crippen molar-refractivity contribution < 1.29 is 15.1 Å². The van der Waals surface area contributed by atoms with Gasteiger partial charge in [0, 0.05) is 17.1 Å². The molecule has 1 aliphatic rings. The number of carboxylic acids is 1. The minimum Gasteiger partial charge on any atom is -0.478 e. The molecule has 2 aromatic rings. The number of amidine groups is 1. The minimum atomic E-state index is -0.895. The van der Waals surface area contributed by atoms with E-state index >= 15 is 0 Å². The first-order valence-corrected chi connectivity index (χ1v) is 9.49. The van der Waals surface area contributed by atoms with Crippen molar-refractivity contribution in [1.82, 2.24) is 0 Å². The summed E-state index contributed by atoms with van der Waals surface area (Å²) in [5, 5.41) is 25.5. The highest BCUT2D eigenvalue weighted by Gasteiger charge is 2.24. The van der Waals surface area contributed by atoms with Crippen molar-refractivity contribution in [3.63, 3.8) is 0 Å². The number of hydrogen-bond acceptors (Lipinski definition) is 3. The van der Waals surface area contributed by atoms with Crippen LogP contribution in [0.15, 0.2) is 53.7 Å². The van der Waals surface area contributed by atoms with Crippen molar-refractivity contribution in [2.75, 3.05) is 5.32 Å². The lowest BCUT2D eigenvalue weighted by Crippen LogP contribution is -2.21. The Labute approximate surface area is 163 Å². The van der Waals surface area contributed by atoms with E-state index in [-0.39, 0.29) is 0 Å². The summed E-state index contributed by atoms with van der Waals surface area (Å²) in [6.45, 7) is 0. The fourth-order valence-electron chi connectivity index (χ4n) is 3.72. The Morgan fingerprint density at radius 2 is 1.81 bits per heavy atom. The van der Waals surface area contributed by atoms with Gasteiger partial charge < -0.3 is 15.6 Å². The van der Waals surface area contributed by atoms with Crippen LogP contribution in [0, 0.1) is 5.92 Å². The van der Waals surface area contributed by atoms with Crippen molar-refractivity contribution in [3.05, 3.63) is 64.7 Å². The molecule has 0 radical (unpaired) electrons. The lowest BCUT2D eigenvalue weighted by Gasteiger charge is -2.29. The van der Waals surface area contributed by atoms with Crippen LogP contribution in [0.2, 0.25) is 5.02 Å². The molecule has 1 saturated carbocycles. The summed E-state index contributed by atoms with van der Waals surface area (Å²) < 4.78 is 0. The Balaban J connectivity index is 1.53. The van der Waals surface area contributed by atoms with E-state index in [0.717, 1.165) is 31.4 Å². The monoisotopic (exact) mass is 386 g/mol. The van der Waals surface area contributed by atoms with Crippen LogP contribution in [-0.4, -0.2) is 22.1 Å². The third-order valence-corrected chi connectivity index (χ3v) is 5.43. The van der Waals surface area contributed by atoms with Gasteiger partial charge in [-0.15, -0.1) is 0 Å². The Kier molecular flexibility index (Phi) is 6.35. The summed E-state index contributed by atoms with van der Waals surface area (Å²) in [5.74, 6) is 0.566. The van der Waals surface area contributed by atoms with Crippen LogP contribution in [0.25, 0.3) is 0 Å². The molecule has 0 spiro atoms. The lowest BCUT2D eigenvalue weighted by molar-refractivity contribution is 0.0697. The smallest absolute Gasteiger partial charge is 0.335 e. The van der Waals surface area contributed by atoms with Crippen LogP contribution in [0.1, 0.15) is 53.9 Å². The van der Waals surface area contributed by atoms with Crippen LogP contribution in [0.5, 0.6) is 0 Å². The maximum absolute atomic E-state index is 11.0. The van der Waals surface area contributed by atoms with Gasteiger partial charge in [-0.25, -0.2) is 4.79 Å². The topological polar surface area (TPSA) is 81.9 Å². The number of halogens is 1. The summed E-state index contributed by atoms with van der Waals surface area (Å²) in [6.07, 6.45) is 4.87. The van der Waals surface area contributed by atoms with Gasteiger partial charge in [-0.2, -0.15) is 0 Å². The van der Waals surface area contributed by atoms with E-state index in [0.29, 0.717) is 34.7 Å². The van der Waals surface area contributed by atoms with Crippen LogP contribution >= 0.6 is 11.6 Å². The van der Waals surface area contributed by atoms with Gasteiger partial charge in [0.15, 0.2) is 0 Å². The van der Waals surface area contributed by atoms with Crippen LogP contribution in [0.3, 0.4) is 0 Å². The Morgan fingerprint density at radius 1 is 1.11 bits per heavy atom. The summed E-state index contributed by atoms with van der Waals surface area (Å²) in [5.41, 5.74) is 2.33. The molecule has 0 amide bonds. The van der Waals surface area contributed by atoms with E-state index in [2.05, 4.69) is 10.5 Å². The van der Waals surface area contributed by atoms with E-state index in [4.69, 9.17) is 16.7 Å². The van der Waals surface area contributed by atoms with Gasteiger partial charge in [0.1, 0.15) is 5.84 Å². The quantitative estimate of drug-likeness (QED) is 0.270. The first kappa shape index (κ1) is 19.2. The molecular formula is C21H23ClN2O3. The fraction of sp³-hybridized carbons (Fsp3) is 0.333. The van der Waals surface area contributed by atoms with Crippen LogP contribution in [0.4, 0.5) is 5.69 Å². The predicted octanol–water partition coefficient (Wildman–Crippen LogP) is 5.60. The molecule has 0 aromatic heterocycles. The Bertz CT molecular complexity index is 812. The van der Waals surface area contributed by atoms with Gasteiger partial charge in [0.25, 0.3) is 0 Å². The number of anilines is 1. The second-order valence-electron chi connectivity index (χ2n) is 7.03. The number of rotatable bonds is 5. The van der Waals surface area contributed by atoms with E-state index in [9.17, 15) is 10.0 Å². The number of aromatic carboxylic acids is 1. The third kappa shape index (κ3) is 5.23. The van der Waals surface area contributed by atoms with Gasteiger partial charge in [-0.3, -0.25) is 0 Å². The van der Waals surface area contributed by atoms with Crippen molar-refractivity contribution in [3.8, 4) is 0 Å². The zero-order valence-electron chi connectivity index (χ0n) is 14.9. The largest absolute Gasteiger partial charge is 0.478 e. The zero-order chi connectivity index (χ0) is 19.2. The highest BCUT2D eigenvalue weighted by atomic mass is 35.5. The number of carbonyl (C=O) groups is 1. The summed E-state index contributed by atoms with van der Waals surface area (Å²) >= 11 is 5.99. The molecule has 5 nitrogen and oxygen atoms in total. The highest BCUT2D eigenvalue weighted by Crippen LogP contribution is 2.37. The lowest BCUT2D eigenvalue weighted by atomic mass is 9.77. The summed E-state index contributed by atoms with van der Waals surface area (Å²) in [7, 11) is 0. The standard InChI is InChI=1S/C21H23ClN2O3/c22-18-2-1-3-19(13-18)23-20(24-27)12-14-4-6-15(7-5-14)16-8-10-17(11-9-16)21(25)26/h1-3,8-11,13-15,27H,4-7,12H2,(H,23,24)(H,25,26)/t14-,15+. The van der Waals surface area contributed by atoms with E-state index < -0.39 is 5.97 Å². The van der Waals surface area contributed by atoms with Gasteiger partial charge in [-0.1, -0.05) is 35.0 Å². The van der Waals surface area contributed by atoms with Crippen molar-refractivity contribution in [2.45, 2.75) is 38.0 Å². The molecule has 0 saturated heterocycles. The predicted molar refractivity (Wildman–Crippen MR) is 107 cm³/mol. The van der Waals surface area contributed by atoms with Gasteiger partial charge in [-0.05, 0) is 73.4 Å². The first-order valence-electron chi connectivity index (χ1n) is 9.12. The number of hydrogen-bond donors (Lipinski definition) is 3. The van der Waals surface area contributed by atoms with Crippen LogP contribution in [-0.2, 0) is 0 Å². The highest BCUT2D eigenvalue weighted by molar-refractivity contribution is 6.30.